The number of aromatic nitrogens is 1. The second kappa shape index (κ2) is 8.78. The molecule has 0 bridgehead atoms. The van der Waals surface area contributed by atoms with Gasteiger partial charge < -0.3 is 10.1 Å². The fourth-order valence-corrected chi connectivity index (χ4v) is 3.31. The van der Waals surface area contributed by atoms with Crippen molar-refractivity contribution >= 4 is 22.5 Å². The van der Waals surface area contributed by atoms with Crippen molar-refractivity contribution in [1.82, 2.24) is 4.98 Å². The minimum atomic E-state index is -0.200. The van der Waals surface area contributed by atoms with Crippen LogP contribution in [0.25, 0.3) is 22.2 Å². The largest absolute Gasteiger partial charge is 0.483 e. The number of pyridine rings is 1. The molecule has 0 spiro atoms. The van der Waals surface area contributed by atoms with Crippen LogP contribution in [0, 0.1) is 0 Å². The molecule has 1 heterocycles. The summed E-state index contributed by atoms with van der Waals surface area (Å²) in [6.07, 6.45) is 0. The Kier molecular flexibility index (Phi) is 5.75. The number of carbonyl (C=O) groups excluding carboxylic acids is 1. The van der Waals surface area contributed by atoms with E-state index < -0.39 is 0 Å². The Bertz CT molecular complexity index is 1150. The number of rotatable bonds is 6. The molecular weight excluding hydrogens is 372 g/mol. The minimum Gasteiger partial charge on any atom is -0.483 e. The maximum Gasteiger partial charge on any atom is 0.262 e. The molecule has 0 fully saturated rings. The standard InChI is InChI=1S/C26H24N2O2/c1-18(2)19-12-14-21(15-13-19)27-26(29)17-30-25-16-24(20-8-4-3-5-9-20)28-23-11-7-6-10-22(23)25/h3-16,18H,17H2,1-2H3,(H,27,29). The van der Waals surface area contributed by atoms with Crippen molar-refractivity contribution in [3.63, 3.8) is 0 Å². The smallest absolute Gasteiger partial charge is 0.262 e. The van der Waals surface area contributed by atoms with Crippen LogP contribution in [-0.2, 0) is 4.79 Å². The molecule has 4 aromatic rings. The van der Waals surface area contributed by atoms with Crippen LogP contribution in [0.5, 0.6) is 5.75 Å². The Morgan fingerprint density at radius 2 is 1.63 bits per heavy atom. The van der Waals surface area contributed by atoms with E-state index in [1.165, 1.54) is 5.56 Å². The quantitative estimate of drug-likeness (QED) is 0.432. The summed E-state index contributed by atoms with van der Waals surface area (Å²) in [4.78, 5) is 17.2. The molecule has 0 aliphatic heterocycles. The first-order chi connectivity index (χ1) is 14.6. The van der Waals surface area contributed by atoms with Crippen LogP contribution in [0.4, 0.5) is 5.69 Å². The number of hydrogen-bond acceptors (Lipinski definition) is 3. The number of ether oxygens (including phenoxy) is 1. The lowest BCUT2D eigenvalue weighted by Crippen LogP contribution is -2.20. The molecule has 0 saturated heterocycles. The van der Waals surface area contributed by atoms with Crippen molar-refractivity contribution in [3.05, 3.63) is 90.5 Å². The van der Waals surface area contributed by atoms with E-state index in [1.54, 1.807) is 0 Å². The molecule has 4 nitrogen and oxygen atoms in total. The molecule has 0 radical (unpaired) electrons. The molecule has 0 atom stereocenters. The monoisotopic (exact) mass is 396 g/mol. The van der Waals surface area contributed by atoms with Gasteiger partial charge in [-0.3, -0.25) is 4.79 Å². The SMILES string of the molecule is CC(C)c1ccc(NC(=O)COc2cc(-c3ccccc3)nc3ccccc23)cc1. The van der Waals surface area contributed by atoms with Crippen LogP contribution < -0.4 is 10.1 Å². The number of carbonyl (C=O) groups is 1. The number of benzene rings is 3. The lowest BCUT2D eigenvalue weighted by atomic mass is 10.0. The highest BCUT2D eigenvalue weighted by molar-refractivity contribution is 5.93. The van der Waals surface area contributed by atoms with Gasteiger partial charge in [0.05, 0.1) is 11.2 Å². The predicted molar refractivity (Wildman–Crippen MR) is 122 cm³/mol. The number of nitrogens with zero attached hydrogens (tertiary/aromatic N) is 1. The van der Waals surface area contributed by atoms with Crippen LogP contribution in [-0.4, -0.2) is 17.5 Å². The Morgan fingerprint density at radius 3 is 2.37 bits per heavy atom. The van der Waals surface area contributed by atoms with Crippen LogP contribution in [0.1, 0.15) is 25.3 Å². The maximum atomic E-state index is 12.4. The summed E-state index contributed by atoms with van der Waals surface area (Å²) in [7, 11) is 0. The van der Waals surface area contributed by atoms with Gasteiger partial charge in [0.25, 0.3) is 5.91 Å². The Hall–Kier alpha value is -3.66. The van der Waals surface area contributed by atoms with Crippen LogP contribution in [0.3, 0.4) is 0 Å². The van der Waals surface area contributed by atoms with Gasteiger partial charge in [-0.2, -0.15) is 0 Å². The third kappa shape index (κ3) is 4.49. The van der Waals surface area contributed by atoms with Gasteiger partial charge in [-0.15, -0.1) is 0 Å². The van der Waals surface area contributed by atoms with E-state index in [0.29, 0.717) is 11.7 Å². The van der Waals surface area contributed by atoms with Crippen LogP contribution in [0.2, 0.25) is 0 Å². The second-order valence-corrected chi connectivity index (χ2v) is 7.50. The summed E-state index contributed by atoms with van der Waals surface area (Å²) in [5.74, 6) is 0.899. The summed E-state index contributed by atoms with van der Waals surface area (Å²) >= 11 is 0. The number of amides is 1. The molecule has 30 heavy (non-hydrogen) atoms. The van der Waals surface area contributed by atoms with E-state index in [0.717, 1.165) is 27.8 Å². The Morgan fingerprint density at radius 1 is 0.933 bits per heavy atom. The molecule has 1 amide bonds. The van der Waals surface area contributed by atoms with Gasteiger partial charge in [-0.05, 0) is 35.7 Å². The first-order valence-electron chi connectivity index (χ1n) is 10.1. The van der Waals surface area contributed by atoms with Gasteiger partial charge in [-0.1, -0.05) is 68.4 Å². The normalized spacial score (nSPS) is 10.9. The Balaban J connectivity index is 1.52. The van der Waals surface area contributed by atoms with Gasteiger partial charge >= 0.3 is 0 Å². The highest BCUT2D eigenvalue weighted by atomic mass is 16.5. The van der Waals surface area contributed by atoms with Crippen molar-refractivity contribution in [2.75, 3.05) is 11.9 Å². The highest BCUT2D eigenvalue weighted by Crippen LogP contribution is 2.30. The maximum absolute atomic E-state index is 12.4. The van der Waals surface area contributed by atoms with Crippen molar-refractivity contribution in [2.24, 2.45) is 0 Å². The molecule has 0 saturated carbocycles. The summed E-state index contributed by atoms with van der Waals surface area (Å²) in [5.41, 5.74) is 4.65. The number of nitrogens with one attached hydrogen (secondary N) is 1. The number of hydrogen-bond donors (Lipinski definition) is 1. The topological polar surface area (TPSA) is 51.2 Å². The van der Waals surface area contributed by atoms with E-state index in [4.69, 9.17) is 9.72 Å². The van der Waals surface area contributed by atoms with Crippen LogP contribution >= 0.6 is 0 Å². The average molecular weight is 396 g/mol. The third-order valence-electron chi connectivity index (χ3n) is 4.97. The number of anilines is 1. The van der Waals surface area contributed by atoms with Gasteiger partial charge in [0, 0.05) is 22.7 Å². The summed E-state index contributed by atoms with van der Waals surface area (Å²) in [6, 6.07) is 27.5. The van der Waals surface area contributed by atoms with Crippen molar-refractivity contribution in [2.45, 2.75) is 19.8 Å². The van der Waals surface area contributed by atoms with Gasteiger partial charge in [0.1, 0.15) is 5.75 Å². The van der Waals surface area contributed by atoms with Gasteiger partial charge in [-0.25, -0.2) is 4.98 Å². The molecule has 4 rings (SSSR count). The zero-order chi connectivity index (χ0) is 20.9. The minimum absolute atomic E-state index is 0.0752. The van der Waals surface area contributed by atoms with Gasteiger partial charge in [0.15, 0.2) is 6.61 Å². The average Bonchev–Trinajstić information content (AvgIpc) is 2.78. The van der Waals surface area contributed by atoms with Crippen molar-refractivity contribution < 1.29 is 9.53 Å². The van der Waals surface area contributed by atoms with E-state index in [2.05, 4.69) is 19.2 Å². The first-order valence-corrected chi connectivity index (χ1v) is 10.1. The highest BCUT2D eigenvalue weighted by Gasteiger charge is 2.11. The molecule has 0 aliphatic carbocycles. The summed E-state index contributed by atoms with van der Waals surface area (Å²) < 4.78 is 5.93. The van der Waals surface area contributed by atoms with Crippen molar-refractivity contribution in [1.29, 1.82) is 0 Å². The molecule has 0 unspecified atom stereocenters. The lowest BCUT2D eigenvalue weighted by molar-refractivity contribution is -0.118. The molecule has 150 valence electrons. The van der Waals surface area contributed by atoms with Gasteiger partial charge in [0.2, 0.25) is 0 Å². The molecule has 1 N–H and O–H groups in total. The Labute approximate surface area is 176 Å². The molecule has 3 aromatic carbocycles. The summed E-state index contributed by atoms with van der Waals surface area (Å²) in [5, 5.41) is 3.77. The molecule has 1 aromatic heterocycles. The fraction of sp³-hybridized carbons (Fsp3) is 0.154. The second-order valence-electron chi connectivity index (χ2n) is 7.50. The zero-order valence-corrected chi connectivity index (χ0v) is 17.1. The molecule has 0 aliphatic rings. The molecule has 4 heteroatoms. The number of para-hydroxylation sites is 1. The summed E-state index contributed by atoms with van der Waals surface area (Å²) in [6.45, 7) is 4.21. The van der Waals surface area contributed by atoms with Crippen molar-refractivity contribution in [3.8, 4) is 17.0 Å². The van der Waals surface area contributed by atoms with E-state index in [9.17, 15) is 4.79 Å². The first kappa shape index (κ1) is 19.6. The van der Waals surface area contributed by atoms with E-state index >= 15 is 0 Å². The zero-order valence-electron chi connectivity index (χ0n) is 17.1. The van der Waals surface area contributed by atoms with Crippen LogP contribution in [0.15, 0.2) is 84.9 Å². The molecular formula is C26H24N2O2. The fourth-order valence-electron chi connectivity index (χ4n) is 3.31. The number of fused-ring (bicyclic) bond motifs is 1. The van der Waals surface area contributed by atoms with E-state index in [-0.39, 0.29) is 12.5 Å². The predicted octanol–water partition coefficient (Wildman–Crippen LogP) is 6.04. The third-order valence-corrected chi connectivity index (χ3v) is 4.97. The van der Waals surface area contributed by atoms with E-state index in [1.807, 2.05) is 84.9 Å². The lowest BCUT2D eigenvalue weighted by Gasteiger charge is -2.12.